The second-order valence-electron chi connectivity index (χ2n) is 5.65. The van der Waals surface area contributed by atoms with Gasteiger partial charge < -0.3 is 5.32 Å². The predicted octanol–water partition coefficient (Wildman–Crippen LogP) is 3.10. The van der Waals surface area contributed by atoms with Crippen molar-refractivity contribution < 1.29 is 13.6 Å². The summed E-state index contributed by atoms with van der Waals surface area (Å²) in [6, 6.07) is 9.74. The molecule has 2 aromatic carbocycles. The SMILES string of the molecule is C[C@@H](NC(=O)c1ccc(Cn2cncn2)cc1)c1ccc(F)cc1F. The van der Waals surface area contributed by atoms with Crippen molar-refractivity contribution >= 4 is 5.91 Å². The van der Waals surface area contributed by atoms with E-state index in [1.54, 1.807) is 30.1 Å². The van der Waals surface area contributed by atoms with Crippen LogP contribution in [0.3, 0.4) is 0 Å². The molecule has 0 radical (unpaired) electrons. The molecule has 0 spiro atoms. The monoisotopic (exact) mass is 342 g/mol. The highest BCUT2D eigenvalue weighted by molar-refractivity contribution is 5.94. The second-order valence-corrected chi connectivity index (χ2v) is 5.65. The molecule has 0 saturated heterocycles. The third kappa shape index (κ3) is 4.06. The minimum Gasteiger partial charge on any atom is -0.345 e. The molecule has 0 aliphatic carbocycles. The van der Waals surface area contributed by atoms with E-state index < -0.39 is 17.7 Å². The summed E-state index contributed by atoms with van der Waals surface area (Å²) in [7, 11) is 0. The molecule has 7 heteroatoms. The van der Waals surface area contributed by atoms with E-state index in [1.165, 1.54) is 18.5 Å². The van der Waals surface area contributed by atoms with Crippen LogP contribution in [0.4, 0.5) is 8.78 Å². The molecule has 5 nitrogen and oxygen atoms in total. The van der Waals surface area contributed by atoms with Crippen molar-refractivity contribution in [3.05, 3.63) is 83.4 Å². The van der Waals surface area contributed by atoms with Crippen LogP contribution in [0.15, 0.2) is 55.1 Å². The van der Waals surface area contributed by atoms with Crippen LogP contribution < -0.4 is 5.32 Å². The number of nitrogens with zero attached hydrogens (tertiary/aromatic N) is 3. The first-order valence-electron chi connectivity index (χ1n) is 7.70. The van der Waals surface area contributed by atoms with Crippen molar-refractivity contribution in [3.63, 3.8) is 0 Å². The van der Waals surface area contributed by atoms with E-state index in [-0.39, 0.29) is 11.5 Å². The maximum absolute atomic E-state index is 13.8. The largest absolute Gasteiger partial charge is 0.345 e. The Morgan fingerprint density at radius 3 is 2.60 bits per heavy atom. The van der Waals surface area contributed by atoms with Crippen LogP contribution in [0, 0.1) is 11.6 Å². The van der Waals surface area contributed by atoms with Crippen molar-refractivity contribution in [1.82, 2.24) is 20.1 Å². The van der Waals surface area contributed by atoms with Crippen LogP contribution in [0.25, 0.3) is 0 Å². The molecule has 1 atom stereocenters. The first-order chi connectivity index (χ1) is 12.0. The van der Waals surface area contributed by atoms with Gasteiger partial charge in [0.25, 0.3) is 5.91 Å². The summed E-state index contributed by atoms with van der Waals surface area (Å²) in [5.74, 6) is -1.66. The smallest absolute Gasteiger partial charge is 0.251 e. The summed E-state index contributed by atoms with van der Waals surface area (Å²) in [4.78, 5) is 16.2. The Hall–Kier alpha value is -3.09. The molecule has 128 valence electrons. The lowest BCUT2D eigenvalue weighted by Crippen LogP contribution is -2.27. The van der Waals surface area contributed by atoms with Crippen LogP contribution >= 0.6 is 0 Å². The topological polar surface area (TPSA) is 59.8 Å². The molecule has 1 heterocycles. The third-order valence-electron chi connectivity index (χ3n) is 3.80. The van der Waals surface area contributed by atoms with Gasteiger partial charge in [0.15, 0.2) is 0 Å². The number of hydrogen-bond donors (Lipinski definition) is 1. The molecule has 0 aliphatic heterocycles. The number of carbonyl (C=O) groups is 1. The Morgan fingerprint density at radius 2 is 1.96 bits per heavy atom. The second kappa shape index (κ2) is 7.21. The van der Waals surface area contributed by atoms with E-state index in [1.807, 2.05) is 12.1 Å². The van der Waals surface area contributed by atoms with Gasteiger partial charge in [0.2, 0.25) is 0 Å². The van der Waals surface area contributed by atoms with Crippen molar-refractivity contribution in [2.45, 2.75) is 19.5 Å². The zero-order valence-corrected chi connectivity index (χ0v) is 13.5. The maximum Gasteiger partial charge on any atom is 0.251 e. The highest BCUT2D eigenvalue weighted by Gasteiger charge is 2.15. The van der Waals surface area contributed by atoms with Crippen LogP contribution in [-0.4, -0.2) is 20.7 Å². The lowest BCUT2D eigenvalue weighted by Gasteiger charge is -2.15. The number of amides is 1. The van der Waals surface area contributed by atoms with Gasteiger partial charge in [-0.25, -0.2) is 18.4 Å². The van der Waals surface area contributed by atoms with Crippen LogP contribution in [0.2, 0.25) is 0 Å². The summed E-state index contributed by atoms with van der Waals surface area (Å²) in [5, 5.41) is 6.73. The lowest BCUT2D eigenvalue weighted by atomic mass is 10.1. The van der Waals surface area contributed by atoms with Gasteiger partial charge in [0.1, 0.15) is 24.3 Å². The van der Waals surface area contributed by atoms with E-state index in [4.69, 9.17) is 0 Å². The summed E-state index contributed by atoms with van der Waals surface area (Å²) in [6.45, 7) is 2.20. The normalized spacial score (nSPS) is 12.0. The number of aromatic nitrogens is 3. The molecule has 1 N–H and O–H groups in total. The number of nitrogens with one attached hydrogen (secondary N) is 1. The molecule has 1 amide bonds. The van der Waals surface area contributed by atoms with Gasteiger partial charge in [-0.15, -0.1) is 0 Å². The van der Waals surface area contributed by atoms with Crippen molar-refractivity contribution in [1.29, 1.82) is 0 Å². The number of rotatable bonds is 5. The standard InChI is InChI=1S/C18H16F2N4O/c1-12(16-7-6-15(19)8-17(16)20)23-18(25)14-4-2-13(3-5-14)9-24-11-21-10-22-24/h2-8,10-12H,9H2,1H3,(H,23,25)/t12-/m1/s1. The molecular weight excluding hydrogens is 326 g/mol. The lowest BCUT2D eigenvalue weighted by molar-refractivity contribution is 0.0939. The Morgan fingerprint density at radius 1 is 1.20 bits per heavy atom. The molecule has 0 fully saturated rings. The average Bonchev–Trinajstić information content (AvgIpc) is 3.08. The molecule has 3 aromatic rings. The summed E-state index contributed by atoms with van der Waals surface area (Å²) >= 11 is 0. The molecule has 0 aliphatic rings. The number of carbonyl (C=O) groups excluding carboxylic acids is 1. The Kier molecular flexibility index (Phi) is 4.83. The van der Waals surface area contributed by atoms with E-state index in [9.17, 15) is 13.6 Å². The number of hydrogen-bond acceptors (Lipinski definition) is 3. The van der Waals surface area contributed by atoms with Crippen molar-refractivity contribution in [2.24, 2.45) is 0 Å². The fourth-order valence-electron chi connectivity index (χ4n) is 2.47. The van der Waals surface area contributed by atoms with Gasteiger partial charge >= 0.3 is 0 Å². The van der Waals surface area contributed by atoms with Crippen molar-refractivity contribution in [2.75, 3.05) is 0 Å². The van der Waals surface area contributed by atoms with Crippen LogP contribution in [-0.2, 0) is 6.54 Å². The predicted molar refractivity (Wildman–Crippen MR) is 87.8 cm³/mol. The summed E-state index contributed by atoms with van der Waals surface area (Å²) in [6.07, 6.45) is 3.07. The van der Waals surface area contributed by atoms with Gasteiger partial charge in [0, 0.05) is 17.2 Å². The van der Waals surface area contributed by atoms with E-state index >= 15 is 0 Å². The molecule has 0 bridgehead atoms. The zero-order chi connectivity index (χ0) is 17.8. The van der Waals surface area contributed by atoms with Crippen LogP contribution in [0.5, 0.6) is 0 Å². The first-order valence-corrected chi connectivity index (χ1v) is 7.70. The van der Waals surface area contributed by atoms with Crippen LogP contribution in [0.1, 0.15) is 34.5 Å². The first kappa shape index (κ1) is 16.8. The highest BCUT2D eigenvalue weighted by Crippen LogP contribution is 2.18. The Balaban J connectivity index is 1.66. The fourth-order valence-corrected chi connectivity index (χ4v) is 2.47. The molecule has 25 heavy (non-hydrogen) atoms. The van der Waals surface area contributed by atoms with Gasteiger partial charge in [-0.05, 0) is 30.7 Å². The number of benzene rings is 2. The van der Waals surface area contributed by atoms with Gasteiger partial charge in [-0.1, -0.05) is 18.2 Å². The third-order valence-corrected chi connectivity index (χ3v) is 3.80. The quantitative estimate of drug-likeness (QED) is 0.775. The molecule has 0 unspecified atom stereocenters. The number of halogens is 2. The Bertz CT molecular complexity index is 863. The fraction of sp³-hybridized carbons (Fsp3) is 0.167. The highest BCUT2D eigenvalue weighted by atomic mass is 19.1. The molecular formula is C18H16F2N4O. The van der Waals surface area contributed by atoms with Gasteiger partial charge in [-0.2, -0.15) is 5.10 Å². The van der Waals surface area contributed by atoms with Gasteiger partial charge in [-0.3, -0.25) is 4.79 Å². The van der Waals surface area contributed by atoms with Gasteiger partial charge in [0.05, 0.1) is 12.6 Å². The average molecular weight is 342 g/mol. The molecule has 1 aromatic heterocycles. The summed E-state index contributed by atoms with van der Waals surface area (Å²) in [5.41, 5.74) is 1.66. The maximum atomic E-state index is 13.8. The zero-order valence-electron chi connectivity index (χ0n) is 13.5. The van der Waals surface area contributed by atoms with Crippen molar-refractivity contribution in [3.8, 4) is 0 Å². The van der Waals surface area contributed by atoms with E-state index in [2.05, 4.69) is 15.4 Å². The molecule has 0 saturated carbocycles. The van der Waals surface area contributed by atoms with E-state index in [0.29, 0.717) is 12.1 Å². The minimum atomic E-state index is -0.684. The molecule has 3 rings (SSSR count). The van der Waals surface area contributed by atoms with E-state index in [0.717, 1.165) is 11.6 Å². The Labute approximate surface area is 143 Å². The minimum absolute atomic E-state index is 0.234. The summed E-state index contributed by atoms with van der Waals surface area (Å²) < 4.78 is 28.4.